The van der Waals surface area contributed by atoms with Crippen molar-refractivity contribution in [2.24, 2.45) is 0 Å². The molecule has 0 saturated heterocycles. The molecule has 0 aliphatic heterocycles. The molecule has 0 spiro atoms. The fourth-order valence-corrected chi connectivity index (χ4v) is 1.79. The van der Waals surface area contributed by atoms with E-state index in [4.69, 9.17) is 0 Å². The lowest BCUT2D eigenvalue weighted by molar-refractivity contribution is 0.0998. The highest BCUT2D eigenvalue weighted by Crippen LogP contribution is 2.03. The average molecular weight is 267 g/mol. The second kappa shape index (κ2) is 7.63. The minimum Gasteiger partial charge on any atom is -0.391 e. The highest BCUT2D eigenvalue weighted by Gasteiger charge is 2.15. The second-order valence-corrected chi connectivity index (χ2v) is 4.65. The lowest BCUT2D eigenvalue weighted by atomic mass is 10.2. The Hall–Kier alpha value is 0.360. The van der Waals surface area contributed by atoms with E-state index in [0.717, 1.165) is 19.6 Å². The number of alkyl halides is 1. The van der Waals surface area contributed by atoms with Crippen molar-refractivity contribution in [1.29, 1.82) is 0 Å². The van der Waals surface area contributed by atoms with Crippen LogP contribution in [-0.2, 0) is 0 Å². The Balaban J connectivity index is 3.98. The Labute approximate surface area is 96.2 Å². The number of hydrogen-bond acceptors (Lipinski definition) is 3. The van der Waals surface area contributed by atoms with Gasteiger partial charge in [-0.15, -0.1) is 0 Å². The Kier molecular flexibility index (Phi) is 7.82. The zero-order valence-corrected chi connectivity index (χ0v) is 11.3. The van der Waals surface area contributed by atoms with Crippen molar-refractivity contribution in [2.45, 2.75) is 26.0 Å². The fourth-order valence-electron chi connectivity index (χ4n) is 1.58. The van der Waals surface area contributed by atoms with Gasteiger partial charge in [0.2, 0.25) is 0 Å². The van der Waals surface area contributed by atoms with Gasteiger partial charge in [-0.25, -0.2) is 0 Å². The molecule has 0 rings (SSSR count). The lowest BCUT2D eigenvalue weighted by Gasteiger charge is -2.31. The molecule has 0 aliphatic rings. The van der Waals surface area contributed by atoms with Crippen molar-refractivity contribution in [2.75, 3.05) is 39.1 Å². The van der Waals surface area contributed by atoms with Crippen molar-refractivity contribution in [3.05, 3.63) is 0 Å². The SMILES string of the molecule is CCN(CC(O)CBr)C(C)CN(C)C. The maximum Gasteiger partial charge on any atom is 0.0763 e. The van der Waals surface area contributed by atoms with Crippen molar-refractivity contribution in [1.82, 2.24) is 9.80 Å². The maximum atomic E-state index is 9.54. The third kappa shape index (κ3) is 5.96. The summed E-state index contributed by atoms with van der Waals surface area (Å²) in [6, 6.07) is 0.490. The molecule has 3 nitrogen and oxygen atoms in total. The zero-order valence-electron chi connectivity index (χ0n) is 9.70. The molecule has 0 aromatic carbocycles. The van der Waals surface area contributed by atoms with Crippen molar-refractivity contribution < 1.29 is 5.11 Å². The van der Waals surface area contributed by atoms with Crippen LogP contribution < -0.4 is 0 Å². The largest absolute Gasteiger partial charge is 0.391 e. The number of nitrogens with zero attached hydrogens (tertiary/aromatic N) is 2. The molecule has 0 fully saturated rings. The molecule has 0 heterocycles. The van der Waals surface area contributed by atoms with Crippen LogP contribution in [0, 0.1) is 0 Å². The Morgan fingerprint density at radius 3 is 2.21 bits per heavy atom. The van der Waals surface area contributed by atoms with Gasteiger partial charge in [0, 0.05) is 24.5 Å². The van der Waals surface area contributed by atoms with Gasteiger partial charge in [0.1, 0.15) is 0 Å². The number of aliphatic hydroxyl groups excluding tert-OH is 1. The number of aliphatic hydroxyl groups is 1. The van der Waals surface area contributed by atoms with E-state index in [0.29, 0.717) is 11.4 Å². The monoisotopic (exact) mass is 266 g/mol. The first-order valence-corrected chi connectivity index (χ1v) is 6.26. The number of hydrogen-bond donors (Lipinski definition) is 1. The van der Waals surface area contributed by atoms with Crippen LogP contribution in [0.3, 0.4) is 0 Å². The standard InChI is InChI=1S/C10H23BrN2O/c1-5-13(8-10(14)6-11)9(2)7-12(3)4/h9-10,14H,5-8H2,1-4H3. The summed E-state index contributed by atoms with van der Waals surface area (Å²) in [6.07, 6.45) is -0.264. The molecule has 1 N–H and O–H groups in total. The van der Waals surface area contributed by atoms with Crippen LogP contribution in [0.4, 0.5) is 0 Å². The Bertz CT molecular complexity index is 144. The molecule has 0 radical (unpaired) electrons. The summed E-state index contributed by atoms with van der Waals surface area (Å²) in [5, 5.41) is 10.2. The van der Waals surface area contributed by atoms with Crippen molar-refractivity contribution in [3.63, 3.8) is 0 Å². The molecule has 2 atom stereocenters. The molecule has 4 heteroatoms. The molecule has 0 bridgehead atoms. The summed E-state index contributed by atoms with van der Waals surface area (Å²) >= 11 is 3.29. The van der Waals surface area contributed by atoms with Gasteiger partial charge < -0.3 is 10.0 Å². The topological polar surface area (TPSA) is 26.7 Å². The van der Waals surface area contributed by atoms with Gasteiger partial charge in [-0.2, -0.15) is 0 Å². The molecule has 0 saturated carbocycles. The van der Waals surface area contributed by atoms with Gasteiger partial charge in [-0.3, -0.25) is 4.90 Å². The molecule has 14 heavy (non-hydrogen) atoms. The van der Waals surface area contributed by atoms with E-state index in [1.54, 1.807) is 0 Å². The van der Waals surface area contributed by atoms with Crippen LogP contribution >= 0.6 is 15.9 Å². The average Bonchev–Trinajstić information content (AvgIpc) is 2.12. The molecule has 0 aromatic rings. The van der Waals surface area contributed by atoms with Gasteiger partial charge in [-0.1, -0.05) is 22.9 Å². The smallest absolute Gasteiger partial charge is 0.0763 e. The van der Waals surface area contributed by atoms with E-state index in [2.05, 4.69) is 53.7 Å². The summed E-state index contributed by atoms with van der Waals surface area (Å²) in [5.74, 6) is 0. The maximum absolute atomic E-state index is 9.54. The highest BCUT2D eigenvalue weighted by atomic mass is 79.9. The summed E-state index contributed by atoms with van der Waals surface area (Å²) in [7, 11) is 4.15. The lowest BCUT2D eigenvalue weighted by Crippen LogP contribution is -2.44. The zero-order chi connectivity index (χ0) is 11.1. The van der Waals surface area contributed by atoms with E-state index < -0.39 is 0 Å². The Morgan fingerprint density at radius 2 is 1.86 bits per heavy atom. The van der Waals surface area contributed by atoms with Crippen LogP contribution in [0.25, 0.3) is 0 Å². The number of rotatable bonds is 7. The molecule has 0 amide bonds. The minimum absolute atomic E-state index is 0.264. The van der Waals surface area contributed by atoms with E-state index >= 15 is 0 Å². The summed E-state index contributed by atoms with van der Waals surface area (Å²) < 4.78 is 0. The summed E-state index contributed by atoms with van der Waals surface area (Å²) in [4.78, 5) is 4.47. The van der Waals surface area contributed by atoms with Crippen molar-refractivity contribution >= 4 is 15.9 Å². The van der Waals surface area contributed by atoms with Gasteiger partial charge >= 0.3 is 0 Å². The van der Waals surface area contributed by atoms with E-state index in [1.165, 1.54) is 0 Å². The van der Waals surface area contributed by atoms with Gasteiger partial charge in [-0.05, 0) is 27.6 Å². The Morgan fingerprint density at radius 1 is 1.29 bits per heavy atom. The van der Waals surface area contributed by atoms with Crippen molar-refractivity contribution in [3.8, 4) is 0 Å². The first-order chi connectivity index (χ1) is 6.51. The minimum atomic E-state index is -0.264. The first-order valence-electron chi connectivity index (χ1n) is 5.14. The third-order valence-corrected chi connectivity index (χ3v) is 3.03. The molecule has 0 aliphatic carbocycles. The highest BCUT2D eigenvalue weighted by molar-refractivity contribution is 9.09. The molecule has 0 aromatic heterocycles. The summed E-state index contributed by atoms with van der Waals surface area (Å²) in [5.41, 5.74) is 0. The van der Waals surface area contributed by atoms with Gasteiger partial charge in [0.25, 0.3) is 0 Å². The van der Waals surface area contributed by atoms with E-state index in [-0.39, 0.29) is 6.10 Å². The quantitative estimate of drug-likeness (QED) is 0.697. The van der Waals surface area contributed by atoms with Crippen LogP contribution in [0.5, 0.6) is 0 Å². The molecule has 86 valence electrons. The molecule has 2 unspecified atom stereocenters. The predicted molar refractivity (Wildman–Crippen MR) is 65.1 cm³/mol. The van der Waals surface area contributed by atoms with E-state index in [1.807, 2.05) is 0 Å². The summed E-state index contributed by atoms with van der Waals surface area (Å²) in [6.45, 7) is 7.09. The predicted octanol–water partition coefficient (Wildman–Crippen LogP) is 1.01. The molecular weight excluding hydrogens is 244 g/mol. The third-order valence-electron chi connectivity index (χ3n) is 2.28. The normalized spacial score (nSPS) is 16.3. The number of likely N-dealkylation sites (N-methyl/N-ethyl adjacent to an activating group) is 2. The van der Waals surface area contributed by atoms with Crippen LogP contribution in [-0.4, -0.2) is 66.1 Å². The molecular formula is C10H23BrN2O. The van der Waals surface area contributed by atoms with Crippen LogP contribution in [0.2, 0.25) is 0 Å². The van der Waals surface area contributed by atoms with Gasteiger partial charge in [0.15, 0.2) is 0 Å². The first kappa shape index (κ1) is 14.4. The number of halogens is 1. The van der Waals surface area contributed by atoms with Gasteiger partial charge in [0.05, 0.1) is 6.10 Å². The van der Waals surface area contributed by atoms with Crippen LogP contribution in [0.15, 0.2) is 0 Å². The van der Waals surface area contributed by atoms with Crippen LogP contribution in [0.1, 0.15) is 13.8 Å². The van der Waals surface area contributed by atoms with E-state index in [9.17, 15) is 5.11 Å². The second-order valence-electron chi connectivity index (χ2n) is 4.01. The fraction of sp³-hybridized carbons (Fsp3) is 1.00.